The van der Waals surface area contributed by atoms with Crippen LogP contribution in [0.4, 0.5) is 0 Å². The molecule has 0 bridgehead atoms. The predicted octanol–water partition coefficient (Wildman–Crippen LogP) is 4.53. The Hall–Kier alpha value is -0.370. The average molecular weight is 293 g/mol. The Balaban J connectivity index is 1.66. The first-order valence-corrected chi connectivity index (χ1v) is 9.36. The van der Waals surface area contributed by atoms with E-state index in [4.69, 9.17) is 0 Å². The third-order valence-corrected chi connectivity index (χ3v) is 5.74. The fourth-order valence-corrected chi connectivity index (χ4v) is 4.35. The second kappa shape index (κ2) is 8.31. The molecular weight excluding hydrogens is 258 g/mol. The van der Waals surface area contributed by atoms with Crippen LogP contribution >= 0.6 is 0 Å². The molecule has 21 heavy (non-hydrogen) atoms. The lowest BCUT2D eigenvalue weighted by Gasteiger charge is -2.36. The molecule has 2 fully saturated rings. The van der Waals surface area contributed by atoms with Crippen molar-refractivity contribution in [2.75, 3.05) is 19.6 Å². The van der Waals surface area contributed by atoms with Crippen LogP contribution < -0.4 is 0 Å². The molecular formula is C19H35NO. The number of hydrogen-bond acceptors (Lipinski definition) is 2. The number of carbonyl (C=O) groups excluding carboxylic acids is 1. The lowest BCUT2D eigenvalue weighted by atomic mass is 9.79. The molecule has 2 aliphatic rings. The van der Waals surface area contributed by atoms with Crippen LogP contribution in [-0.4, -0.2) is 30.3 Å². The van der Waals surface area contributed by atoms with E-state index in [9.17, 15) is 4.79 Å². The van der Waals surface area contributed by atoms with Crippen molar-refractivity contribution in [3.8, 4) is 0 Å². The largest absolute Gasteiger partial charge is 0.303 e. The van der Waals surface area contributed by atoms with Crippen molar-refractivity contribution in [3.05, 3.63) is 0 Å². The number of ketones is 1. The third-order valence-electron chi connectivity index (χ3n) is 5.74. The summed E-state index contributed by atoms with van der Waals surface area (Å²) in [7, 11) is 0. The van der Waals surface area contributed by atoms with Gasteiger partial charge in [-0.15, -0.1) is 0 Å². The van der Waals surface area contributed by atoms with E-state index in [1.165, 1.54) is 45.1 Å². The third kappa shape index (κ3) is 5.09. The van der Waals surface area contributed by atoms with Gasteiger partial charge in [0.05, 0.1) is 0 Å². The molecule has 2 nitrogen and oxygen atoms in total. The van der Waals surface area contributed by atoms with Gasteiger partial charge in [0.1, 0.15) is 5.78 Å². The SMILES string of the molecule is CCCC1CCC(CN2CCC(C(=O)C(C)C)CC2)CC1. The summed E-state index contributed by atoms with van der Waals surface area (Å²) in [5.74, 6) is 3.00. The van der Waals surface area contributed by atoms with Crippen molar-refractivity contribution in [3.63, 3.8) is 0 Å². The van der Waals surface area contributed by atoms with Gasteiger partial charge in [-0.25, -0.2) is 0 Å². The van der Waals surface area contributed by atoms with Gasteiger partial charge in [-0.1, -0.05) is 46.5 Å². The molecule has 0 atom stereocenters. The van der Waals surface area contributed by atoms with Crippen LogP contribution in [0.5, 0.6) is 0 Å². The fourth-order valence-electron chi connectivity index (χ4n) is 4.35. The predicted molar refractivity (Wildman–Crippen MR) is 89.4 cm³/mol. The van der Waals surface area contributed by atoms with Gasteiger partial charge < -0.3 is 4.90 Å². The summed E-state index contributed by atoms with van der Waals surface area (Å²) in [4.78, 5) is 14.7. The maximum Gasteiger partial charge on any atom is 0.138 e. The normalized spacial score (nSPS) is 29.0. The molecule has 0 aromatic heterocycles. The molecule has 1 saturated carbocycles. The number of Topliss-reactive ketones (excluding diaryl/α,β-unsaturated/α-hetero) is 1. The monoisotopic (exact) mass is 293 g/mol. The minimum atomic E-state index is 0.218. The van der Waals surface area contributed by atoms with Crippen molar-refractivity contribution in [1.82, 2.24) is 4.90 Å². The lowest BCUT2D eigenvalue weighted by Crippen LogP contribution is -2.40. The zero-order valence-corrected chi connectivity index (χ0v) is 14.4. The van der Waals surface area contributed by atoms with Gasteiger partial charge in [-0.2, -0.15) is 0 Å². The van der Waals surface area contributed by atoms with Crippen LogP contribution in [0.1, 0.15) is 72.1 Å². The van der Waals surface area contributed by atoms with E-state index >= 15 is 0 Å². The molecule has 0 amide bonds. The van der Waals surface area contributed by atoms with Gasteiger partial charge in [0, 0.05) is 18.4 Å². The van der Waals surface area contributed by atoms with Crippen LogP contribution in [0.15, 0.2) is 0 Å². The Bertz CT molecular complexity index is 310. The first kappa shape index (κ1) is 17.0. The number of likely N-dealkylation sites (tertiary alicyclic amines) is 1. The summed E-state index contributed by atoms with van der Waals surface area (Å²) in [5, 5.41) is 0. The van der Waals surface area contributed by atoms with E-state index in [0.29, 0.717) is 11.7 Å². The highest BCUT2D eigenvalue weighted by Gasteiger charge is 2.28. The minimum Gasteiger partial charge on any atom is -0.303 e. The van der Waals surface area contributed by atoms with Crippen LogP contribution in [0.25, 0.3) is 0 Å². The quantitative estimate of drug-likeness (QED) is 0.717. The van der Waals surface area contributed by atoms with E-state index in [-0.39, 0.29) is 5.92 Å². The molecule has 1 saturated heterocycles. The van der Waals surface area contributed by atoms with Crippen LogP contribution in [0, 0.1) is 23.7 Å². The summed E-state index contributed by atoms with van der Waals surface area (Å²) >= 11 is 0. The zero-order valence-electron chi connectivity index (χ0n) is 14.4. The van der Waals surface area contributed by atoms with Crippen LogP contribution in [-0.2, 0) is 4.79 Å². The number of carbonyl (C=O) groups is 1. The van der Waals surface area contributed by atoms with Crippen molar-refractivity contribution < 1.29 is 4.79 Å². The van der Waals surface area contributed by atoms with Crippen molar-refractivity contribution in [1.29, 1.82) is 0 Å². The Morgan fingerprint density at radius 2 is 1.57 bits per heavy atom. The highest BCUT2D eigenvalue weighted by molar-refractivity contribution is 5.82. The number of rotatable bonds is 6. The molecule has 122 valence electrons. The van der Waals surface area contributed by atoms with Gasteiger partial charge in [-0.05, 0) is 50.6 Å². The highest BCUT2D eigenvalue weighted by Crippen LogP contribution is 2.32. The zero-order chi connectivity index (χ0) is 15.2. The molecule has 1 heterocycles. The van der Waals surface area contributed by atoms with E-state index in [1.54, 1.807) is 0 Å². The fraction of sp³-hybridized carbons (Fsp3) is 0.947. The molecule has 0 spiro atoms. The summed E-state index contributed by atoms with van der Waals surface area (Å²) in [5.41, 5.74) is 0. The Morgan fingerprint density at radius 1 is 1.00 bits per heavy atom. The van der Waals surface area contributed by atoms with Gasteiger partial charge in [0.2, 0.25) is 0 Å². The molecule has 1 aliphatic carbocycles. The Morgan fingerprint density at radius 3 is 2.10 bits per heavy atom. The van der Waals surface area contributed by atoms with Gasteiger partial charge >= 0.3 is 0 Å². The molecule has 1 aliphatic heterocycles. The van der Waals surface area contributed by atoms with Gasteiger partial charge in [-0.3, -0.25) is 4.79 Å². The van der Waals surface area contributed by atoms with E-state index in [0.717, 1.165) is 37.8 Å². The number of nitrogens with zero attached hydrogens (tertiary/aromatic N) is 1. The smallest absolute Gasteiger partial charge is 0.138 e. The standard InChI is InChI=1S/C19H35NO/c1-4-5-16-6-8-17(9-7-16)14-20-12-10-18(11-13-20)19(21)15(2)3/h15-18H,4-14H2,1-3H3. The van der Waals surface area contributed by atoms with Crippen molar-refractivity contribution in [2.45, 2.75) is 72.1 Å². The molecule has 2 rings (SSSR count). The molecule has 0 aromatic rings. The molecule has 2 heteroatoms. The van der Waals surface area contributed by atoms with Gasteiger partial charge in [0.15, 0.2) is 0 Å². The second-order valence-electron chi connectivity index (χ2n) is 7.81. The van der Waals surface area contributed by atoms with Crippen molar-refractivity contribution in [2.24, 2.45) is 23.7 Å². The molecule has 0 unspecified atom stereocenters. The molecule has 0 N–H and O–H groups in total. The molecule has 0 aromatic carbocycles. The molecule has 0 radical (unpaired) electrons. The summed E-state index contributed by atoms with van der Waals surface area (Å²) < 4.78 is 0. The number of hydrogen-bond donors (Lipinski definition) is 0. The Kier molecular flexibility index (Phi) is 6.73. The minimum absolute atomic E-state index is 0.218. The first-order chi connectivity index (χ1) is 10.1. The van der Waals surface area contributed by atoms with Crippen LogP contribution in [0.2, 0.25) is 0 Å². The number of piperidine rings is 1. The summed E-state index contributed by atoms with van der Waals surface area (Å²) in [6.07, 6.45) is 10.8. The summed E-state index contributed by atoms with van der Waals surface area (Å²) in [6, 6.07) is 0. The van der Waals surface area contributed by atoms with Crippen molar-refractivity contribution >= 4 is 5.78 Å². The lowest BCUT2D eigenvalue weighted by molar-refractivity contribution is -0.127. The van der Waals surface area contributed by atoms with E-state index in [2.05, 4.69) is 11.8 Å². The van der Waals surface area contributed by atoms with E-state index in [1.807, 2.05) is 13.8 Å². The Labute approximate surface area is 131 Å². The maximum atomic E-state index is 12.1. The summed E-state index contributed by atoms with van der Waals surface area (Å²) in [6.45, 7) is 10.00. The van der Waals surface area contributed by atoms with E-state index < -0.39 is 0 Å². The first-order valence-electron chi connectivity index (χ1n) is 9.36. The van der Waals surface area contributed by atoms with Crippen LogP contribution in [0.3, 0.4) is 0 Å². The average Bonchev–Trinajstić information content (AvgIpc) is 2.49. The van der Waals surface area contributed by atoms with Gasteiger partial charge in [0.25, 0.3) is 0 Å². The maximum absolute atomic E-state index is 12.1. The topological polar surface area (TPSA) is 20.3 Å². The highest BCUT2D eigenvalue weighted by atomic mass is 16.1. The second-order valence-corrected chi connectivity index (χ2v) is 7.81.